The molecule has 0 amide bonds. The van der Waals surface area contributed by atoms with Crippen LogP contribution in [0.2, 0.25) is 0 Å². The minimum Gasteiger partial charge on any atom is -0.385 e. The van der Waals surface area contributed by atoms with Gasteiger partial charge in [0.1, 0.15) is 5.82 Å². The third-order valence-electron chi connectivity index (χ3n) is 2.89. The van der Waals surface area contributed by atoms with Gasteiger partial charge in [-0.25, -0.2) is 0 Å². The normalized spacial score (nSPS) is 12.8. The van der Waals surface area contributed by atoms with Gasteiger partial charge in [0, 0.05) is 12.7 Å². The number of nitrogens with two attached hydrogens (primary N) is 1. The Morgan fingerprint density at radius 2 is 1.95 bits per heavy atom. The Morgan fingerprint density at radius 3 is 2.42 bits per heavy atom. The molecule has 1 rings (SSSR count). The van der Waals surface area contributed by atoms with E-state index in [1.807, 2.05) is 13.8 Å². The van der Waals surface area contributed by atoms with Crippen molar-refractivity contribution in [3.05, 3.63) is 47.8 Å². The lowest BCUT2D eigenvalue weighted by atomic mass is 10.1. The molecule has 1 aromatic carbocycles. The Labute approximate surface area is 113 Å². The molecule has 104 valence electrons. The SMILES string of the molecule is C=C(C)/C(C)=C(/N)N(C)c1cccc(S(=O)(=O)O)c1. The first-order valence-electron chi connectivity index (χ1n) is 5.58. The Bertz CT molecular complexity index is 633. The Balaban J connectivity index is 3.25. The molecule has 0 spiro atoms. The summed E-state index contributed by atoms with van der Waals surface area (Å²) in [5.74, 6) is 0.472. The number of nitrogens with zero attached hydrogens (tertiary/aromatic N) is 1. The van der Waals surface area contributed by atoms with Crippen LogP contribution in [0.1, 0.15) is 13.8 Å². The number of benzene rings is 1. The molecule has 6 heteroatoms. The fraction of sp³-hybridized carbons (Fsp3) is 0.231. The molecule has 0 aliphatic rings. The van der Waals surface area contributed by atoms with Gasteiger partial charge >= 0.3 is 0 Å². The van der Waals surface area contributed by atoms with Crippen molar-refractivity contribution < 1.29 is 13.0 Å². The fourth-order valence-electron chi connectivity index (χ4n) is 1.46. The average molecular weight is 282 g/mol. The van der Waals surface area contributed by atoms with Crippen LogP contribution in [0.25, 0.3) is 0 Å². The summed E-state index contributed by atoms with van der Waals surface area (Å²) in [6.45, 7) is 7.48. The zero-order valence-electron chi connectivity index (χ0n) is 11.2. The van der Waals surface area contributed by atoms with Gasteiger partial charge in [0.25, 0.3) is 10.1 Å². The van der Waals surface area contributed by atoms with Crippen LogP contribution in [0, 0.1) is 0 Å². The maximum atomic E-state index is 11.1. The van der Waals surface area contributed by atoms with Crippen LogP contribution in [0.5, 0.6) is 0 Å². The van der Waals surface area contributed by atoms with Crippen molar-refractivity contribution in [1.82, 2.24) is 0 Å². The van der Waals surface area contributed by atoms with Crippen molar-refractivity contribution >= 4 is 15.8 Å². The highest BCUT2D eigenvalue weighted by Gasteiger charge is 2.13. The number of hydrogen-bond acceptors (Lipinski definition) is 4. The molecular weight excluding hydrogens is 264 g/mol. The molecule has 0 saturated heterocycles. The minimum atomic E-state index is -4.22. The van der Waals surface area contributed by atoms with Gasteiger partial charge in [-0.2, -0.15) is 8.42 Å². The van der Waals surface area contributed by atoms with Crippen LogP contribution in [0.15, 0.2) is 52.7 Å². The molecule has 5 nitrogen and oxygen atoms in total. The highest BCUT2D eigenvalue weighted by molar-refractivity contribution is 7.85. The Morgan fingerprint density at radius 1 is 1.37 bits per heavy atom. The summed E-state index contributed by atoms with van der Waals surface area (Å²) in [5.41, 5.74) is 8.20. The molecule has 0 aliphatic heterocycles. The molecule has 0 bridgehead atoms. The van der Waals surface area contributed by atoms with Crippen LogP contribution < -0.4 is 10.6 Å². The summed E-state index contributed by atoms with van der Waals surface area (Å²) in [6, 6.07) is 5.91. The van der Waals surface area contributed by atoms with Crippen molar-refractivity contribution in [2.75, 3.05) is 11.9 Å². The first-order chi connectivity index (χ1) is 8.64. The summed E-state index contributed by atoms with van der Waals surface area (Å²) in [6.07, 6.45) is 0. The highest BCUT2D eigenvalue weighted by Crippen LogP contribution is 2.22. The van der Waals surface area contributed by atoms with E-state index in [1.54, 1.807) is 18.0 Å². The van der Waals surface area contributed by atoms with E-state index in [0.29, 0.717) is 11.5 Å². The van der Waals surface area contributed by atoms with Crippen molar-refractivity contribution in [2.45, 2.75) is 18.7 Å². The lowest BCUT2D eigenvalue weighted by molar-refractivity contribution is 0.483. The minimum absolute atomic E-state index is 0.169. The van der Waals surface area contributed by atoms with Gasteiger partial charge in [-0.3, -0.25) is 4.55 Å². The predicted octanol–water partition coefficient (Wildman–Crippen LogP) is 2.14. The number of anilines is 1. The lowest BCUT2D eigenvalue weighted by Crippen LogP contribution is -2.24. The van der Waals surface area contributed by atoms with Gasteiger partial charge in [0.05, 0.1) is 4.90 Å². The van der Waals surface area contributed by atoms with Crippen LogP contribution in [0.4, 0.5) is 5.69 Å². The largest absolute Gasteiger partial charge is 0.385 e. The lowest BCUT2D eigenvalue weighted by Gasteiger charge is -2.22. The molecule has 0 atom stereocenters. The molecule has 0 unspecified atom stereocenters. The second-order valence-corrected chi connectivity index (χ2v) is 5.74. The number of hydrogen-bond donors (Lipinski definition) is 2. The second-order valence-electron chi connectivity index (χ2n) is 4.32. The van der Waals surface area contributed by atoms with E-state index in [2.05, 4.69) is 6.58 Å². The van der Waals surface area contributed by atoms with Gasteiger partial charge in [-0.15, -0.1) is 0 Å². The standard InChI is InChI=1S/C13H18N2O3S/c1-9(2)10(3)13(14)15(4)11-6-5-7-12(8-11)19(16,17)18/h5-8H,1,14H2,2-4H3,(H,16,17,18)/b13-10-. The predicted molar refractivity (Wildman–Crippen MR) is 76.4 cm³/mol. The smallest absolute Gasteiger partial charge is 0.294 e. The van der Waals surface area contributed by atoms with E-state index in [9.17, 15) is 8.42 Å². The molecule has 3 N–H and O–H groups in total. The molecule has 0 aromatic heterocycles. The topological polar surface area (TPSA) is 83.6 Å². The van der Waals surface area contributed by atoms with Gasteiger partial charge in [-0.05, 0) is 37.6 Å². The van der Waals surface area contributed by atoms with E-state index in [-0.39, 0.29) is 4.90 Å². The summed E-state index contributed by atoms with van der Waals surface area (Å²) >= 11 is 0. The van der Waals surface area contributed by atoms with E-state index in [4.69, 9.17) is 10.3 Å². The first-order valence-corrected chi connectivity index (χ1v) is 7.02. The van der Waals surface area contributed by atoms with E-state index in [0.717, 1.165) is 11.1 Å². The molecule has 1 aromatic rings. The average Bonchev–Trinajstić information content (AvgIpc) is 2.35. The monoisotopic (exact) mass is 282 g/mol. The molecule has 0 saturated carbocycles. The second kappa shape index (κ2) is 5.46. The van der Waals surface area contributed by atoms with E-state index >= 15 is 0 Å². The molecule has 0 heterocycles. The van der Waals surface area contributed by atoms with Gasteiger partial charge in [0.2, 0.25) is 0 Å². The summed E-state index contributed by atoms with van der Waals surface area (Å²) < 4.78 is 31.2. The summed E-state index contributed by atoms with van der Waals surface area (Å²) in [5, 5.41) is 0. The molecule has 19 heavy (non-hydrogen) atoms. The van der Waals surface area contributed by atoms with Crippen molar-refractivity contribution in [1.29, 1.82) is 0 Å². The van der Waals surface area contributed by atoms with Gasteiger partial charge in [-0.1, -0.05) is 18.2 Å². The van der Waals surface area contributed by atoms with Crippen LogP contribution in [0.3, 0.4) is 0 Å². The van der Waals surface area contributed by atoms with Crippen LogP contribution >= 0.6 is 0 Å². The molecule has 0 aliphatic carbocycles. The fourth-order valence-corrected chi connectivity index (χ4v) is 1.98. The van der Waals surface area contributed by atoms with Crippen molar-refractivity contribution in [3.8, 4) is 0 Å². The third-order valence-corrected chi connectivity index (χ3v) is 3.74. The molecule has 0 fully saturated rings. The van der Waals surface area contributed by atoms with Crippen LogP contribution in [-0.4, -0.2) is 20.0 Å². The van der Waals surface area contributed by atoms with Crippen molar-refractivity contribution in [2.24, 2.45) is 5.73 Å². The third kappa shape index (κ3) is 3.59. The Kier molecular flexibility index (Phi) is 4.39. The van der Waals surface area contributed by atoms with Gasteiger partial charge < -0.3 is 10.6 Å². The highest BCUT2D eigenvalue weighted by atomic mass is 32.2. The van der Waals surface area contributed by atoms with E-state index < -0.39 is 10.1 Å². The Hall–Kier alpha value is -1.79. The summed E-state index contributed by atoms with van der Waals surface area (Å²) in [7, 11) is -2.51. The maximum absolute atomic E-state index is 11.1. The number of rotatable bonds is 4. The summed E-state index contributed by atoms with van der Waals surface area (Å²) in [4.78, 5) is 1.47. The molecule has 0 radical (unpaired) electrons. The molecular formula is C13H18N2O3S. The maximum Gasteiger partial charge on any atom is 0.294 e. The van der Waals surface area contributed by atoms with Gasteiger partial charge in [0.15, 0.2) is 0 Å². The zero-order chi connectivity index (χ0) is 14.8. The first kappa shape index (κ1) is 15.3. The van der Waals surface area contributed by atoms with Crippen LogP contribution in [-0.2, 0) is 10.1 Å². The quantitative estimate of drug-likeness (QED) is 0.653. The van der Waals surface area contributed by atoms with E-state index in [1.165, 1.54) is 18.2 Å². The number of allylic oxidation sites excluding steroid dienone is 2. The zero-order valence-corrected chi connectivity index (χ0v) is 12.0. The van der Waals surface area contributed by atoms with Crippen molar-refractivity contribution in [3.63, 3.8) is 0 Å².